The number of nitrogens with zero attached hydrogens (tertiary/aromatic N) is 2. The lowest BCUT2D eigenvalue weighted by atomic mass is 10.1. The average Bonchev–Trinajstić information content (AvgIpc) is 2.89. The number of carboxylic acids is 1. The molecule has 1 N–H and O–H groups in total. The van der Waals surface area contributed by atoms with E-state index in [2.05, 4.69) is 0 Å². The van der Waals surface area contributed by atoms with E-state index < -0.39 is 45.7 Å². The maximum atomic E-state index is 13.8. The van der Waals surface area contributed by atoms with E-state index in [0.717, 1.165) is 4.90 Å². The maximum absolute atomic E-state index is 13.8. The molecule has 0 bridgehead atoms. The molecule has 1 saturated heterocycles. The molecule has 1 aromatic carbocycles. The number of amides is 1. The molecule has 112 valence electrons. The zero-order valence-electron chi connectivity index (χ0n) is 10.6. The molecule has 0 spiro atoms. The molecule has 1 aliphatic heterocycles. The van der Waals surface area contributed by atoms with Gasteiger partial charge in [-0.25, -0.2) is 9.18 Å². The van der Waals surface area contributed by atoms with Crippen LogP contribution in [0.25, 0.3) is 0 Å². The number of rotatable bonds is 3. The minimum Gasteiger partial charge on any atom is -0.480 e. The van der Waals surface area contributed by atoms with Gasteiger partial charge < -0.3 is 10.0 Å². The van der Waals surface area contributed by atoms with E-state index in [4.69, 9.17) is 5.11 Å². The van der Waals surface area contributed by atoms with Crippen LogP contribution in [0, 0.1) is 21.7 Å². The van der Waals surface area contributed by atoms with Gasteiger partial charge in [-0.05, 0) is 18.9 Å². The molecule has 1 heterocycles. The van der Waals surface area contributed by atoms with Crippen molar-refractivity contribution in [3.8, 4) is 0 Å². The Morgan fingerprint density at radius 3 is 2.57 bits per heavy atom. The van der Waals surface area contributed by atoms with Crippen molar-refractivity contribution in [2.45, 2.75) is 18.9 Å². The molecule has 0 aliphatic carbocycles. The quantitative estimate of drug-likeness (QED) is 0.674. The number of nitro groups is 1. The van der Waals surface area contributed by atoms with Crippen LogP contribution >= 0.6 is 0 Å². The predicted molar refractivity (Wildman–Crippen MR) is 64.7 cm³/mol. The molecule has 0 unspecified atom stereocenters. The highest BCUT2D eigenvalue weighted by atomic mass is 19.1. The lowest BCUT2D eigenvalue weighted by Gasteiger charge is -2.21. The van der Waals surface area contributed by atoms with Crippen LogP contribution in [0.15, 0.2) is 12.1 Å². The van der Waals surface area contributed by atoms with Crippen molar-refractivity contribution in [1.29, 1.82) is 0 Å². The minimum atomic E-state index is -1.35. The summed E-state index contributed by atoms with van der Waals surface area (Å²) in [5.41, 5.74) is -1.80. The number of nitro benzene ring substituents is 1. The van der Waals surface area contributed by atoms with Gasteiger partial charge in [-0.3, -0.25) is 14.9 Å². The Kier molecular flexibility index (Phi) is 3.83. The predicted octanol–water partition coefficient (Wildman–Crippen LogP) is 1.56. The molecule has 2 rings (SSSR count). The van der Waals surface area contributed by atoms with Crippen LogP contribution in [-0.4, -0.2) is 39.4 Å². The van der Waals surface area contributed by atoms with Crippen LogP contribution in [0.5, 0.6) is 0 Å². The van der Waals surface area contributed by atoms with Crippen LogP contribution in [0.1, 0.15) is 23.2 Å². The van der Waals surface area contributed by atoms with Crippen molar-refractivity contribution in [3.63, 3.8) is 0 Å². The number of carbonyl (C=O) groups excluding carboxylic acids is 1. The molecule has 1 aliphatic rings. The first-order valence-electron chi connectivity index (χ1n) is 6.00. The zero-order valence-corrected chi connectivity index (χ0v) is 10.6. The summed E-state index contributed by atoms with van der Waals surface area (Å²) in [6.45, 7) is 0.105. The Morgan fingerprint density at radius 2 is 2.00 bits per heavy atom. The summed E-state index contributed by atoms with van der Waals surface area (Å²) >= 11 is 0. The fourth-order valence-electron chi connectivity index (χ4n) is 2.26. The maximum Gasteiger partial charge on any atom is 0.326 e. The first-order chi connectivity index (χ1) is 9.82. The number of hydrogen-bond donors (Lipinski definition) is 1. The van der Waals surface area contributed by atoms with Crippen molar-refractivity contribution in [2.24, 2.45) is 0 Å². The normalized spacial score (nSPS) is 17.8. The number of halogens is 2. The summed E-state index contributed by atoms with van der Waals surface area (Å²) < 4.78 is 27.2. The Balaban J connectivity index is 2.38. The highest BCUT2D eigenvalue weighted by molar-refractivity contribution is 5.97. The fraction of sp³-hybridized carbons (Fsp3) is 0.333. The summed E-state index contributed by atoms with van der Waals surface area (Å²) in [7, 11) is 0. The Bertz CT molecular complexity index is 634. The summed E-state index contributed by atoms with van der Waals surface area (Å²) in [5.74, 6) is -4.84. The van der Waals surface area contributed by atoms with Gasteiger partial charge in [0.2, 0.25) is 5.82 Å². The van der Waals surface area contributed by atoms with Gasteiger partial charge in [0, 0.05) is 6.54 Å². The van der Waals surface area contributed by atoms with Crippen molar-refractivity contribution < 1.29 is 28.4 Å². The van der Waals surface area contributed by atoms with Crippen LogP contribution in [0.4, 0.5) is 14.5 Å². The van der Waals surface area contributed by atoms with Crippen LogP contribution < -0.4 is 0 Å². The third kappa shape index (κ3) is 2.67. The zero-order chi connectivity index (χ0) is 15.7. The Hall–Kier alpha value is -2.58. The van der Waals surface area contributed by atoms with Gasteiger partial charge in [0.1, 0.15) is 11.9 Å². The fourth-order valence-corrected chi connectivity index (χ4v) is 2.26. The molecule has 9 heteroatoms. The number of aliphatic carboxylic acids is 1. The van der Waals surface area contributed by atoms with E-state index in [0.29, 0.717) is 18.6 Å². The lowest BCUT2D eigenvalue weighted by Crippen LogP contribution is -2.40. The highest BCUT2D eigenvalue weighted by Gasteiger charge is 2.36. The second-order valence-corrected chi connectivity index (χ2v) is 4.54. The largest absolute Gasteiger partial charge is 0.480 e. The molecule has 1 fully saturated rings. The Labute approximate surface area is 116 Å². The molecule has 21 heavy (non-hydrogen) atoms. The van der Waals surface area contributed by atoms with Crippen LogP contribution in [0.3, 0.4) is 0 Å². The summed E-state index contributed by atoms with van der Waals surface area (Å²) in [6, 6.07) is -0.364. The monoisotopic (exact) mass is 300 g/mol. The number of hydrogen-bond acceptors (Lipinski definition) is 4. The molecule has 1 aromatic rings. The van der Waals surface area contributed by atoms with E-state index in [1.54, 1.807) is 0 Å². The van der Waals surface area contributed by atoms with Gasteiger partial charge in [-0.1, -0.05) is 0 Å². The van der Waals surface area contributed by atoms with E-state index in [-0.39, 0.29) is 13.0 Å². The van der Waals surface area contributed by atoms with Gasteiger partial charge in [-0.15, -0.1) is 0 Å². The smallest absolute Gasteiger partial charge is 0.326 e. The second-order valence-electron chi connectivity index (χ2n) is 4.54. The topological polar surface area (TPSA) is 101 Å². The van der Waals surface area contributed by atoms with Crippen molar-refractivity contribution in [2.75, 3.05) is 6.54 Å². The van der Waals surface area contributed by atoms with Crippen LogP contribution in [0.2, 0.25) is 0 Å². The number of carbonyl (C=O) groups is 2. The van der Waals surface area contributed by atoms with Crippen molar-refractivity contribution in [1.82, 2.24) is 4.90 Å². The SMILES string of the molecule is O=C(O)[C@H]1CCCN1C(=O)c1cc(F)c([N+](=O)[O-])cc1F. The molecule has 0 aromatic heterocycles. The molecular formula is C12H10F2N2O5. The van der Waals surface area contributed by atoms with Crippen molar-refractivity contribution >= 4 is 17.6 Å². The molecule has 0 radical (unpaired) electrons. The summed E-state index contributed by atoms with van der Waals surface area (Å²) in [6.07, 6.45) is 0.651. The van der Waals surface area contributed by atoms with Gasteiger partial charge in [-0.2, -0.15) is 4.39 Å². The second kappa shape index (κ2) is 5.43. The molecule has 0 saturated carbocycles. The Morgan fingerprint density at radius 1 is 1.33 bits per heavy atom. The van der Waals surface area contributed by atoms with Gasteiger partial charge in [0.05, 0.1) is 16.6 Å². The lowest BCUT2D eigenvalue weighted by molar-refractivity contribution is -0.387. The average molecular weight is 300 g/mol. The van der Waals surface area contributed by atoms with E-state index in [1.807, 2.05) is 0 Å². The molecular weight excluding hydrogens is 290 g/mol. The standard InChI is InChI=1S/C12H10F2N2O5/c13-7-5-10(16(20)21)8(14)4-6(7)11(17)15-3-1-2-9(15)12(18)19/h4-5,9H,1-3H2,(H,18,19)/t9-/m1/s1. The van der Waals surface area contributed by atoms with Gasteiger partial charge in [0.25, 0.3) is 5.91 Å². The van der Waals surface area contributed by atoms with Gasteiger partial charge >= 0.3 is 11.7 Å². The van der Waals surface area contributed by atoms with Gasteiger partial charge in [0.15, 0.2) is 0 Å². The van der Waals surface area contributed by atoms with E-state index in [1.165, 1.54) is 0 Å². The molecule has 1 amide bonds. The van der Waals surface area contributed by atoms with E-state index in [9.17, 15) is 28.5 Å². The highest BCUT2D eigenvalue weighted by Crippen LogP contribution is 2.25. The first-order valence-corrected chi connectivity index (χ1v) is 6.00. The number of benzene rings is 1. The number of likely N-dealkylation sites (tertiary alicyclic amines) is 1. The first kappa shape index (κ1) is 14.8. The third-order valence-electron chi connectivity index (χ3n) is 3.26. The number of carboxylic acid groups (broad SMARTS) is 1. The third-order valence-corrected chi connectivity index (χ3v) is 3.26. The molecule has 7 nitrogen and oxygen atoms in total. The summed E-state index contributed by atoms with van der Waals surface area (Å²) in [5, 5.41) is 19.4. The summed E-state index contributed by atoms with van der Waals surface area (Å²) in [4.78, 5) is 33.4. The van der Waals surface area contributed by atoms with E-state index >= 15 is 0 Å². The molecule has 1 atom stereocenters. The van der Waals surface area contributed by atoms with Crippen LogP contribution in [-0.2, 0) is 4.79 Å². The van der Waals surface area contributed by atoms with Crippen molar-refractivity contribution in [3.05, 3.63) is 39.4 Å². The minimum absolute atomic E-state index is 0.105.